The highest BCUT2D eigenvalue weighted by Crippen LogP contribution is 2.25. The van der Waals surface area contributed by atoms with E-state index in [2.05, 4.69) is 58.8 Å². The van der Waals surface area contributed by atoms with Gasteiger partial charge in [0.25, 0.3) is 0 Å². The largest absolute Gasteiger partial charge is 0.316 e. The molecule has 0 saturated heterocycles. The summed E-state index contributed by atoms with van der Waals surface area (Å²) in [6.45, 7) is 18.5. The van der Waals surface area contributed by atoms with Gasteiger partial charge in [0.1, 0.15) is 0 Å². The van der Waals surface area contributed by atoms with Crippen molar-refractivity contribution in [1.29, 1.82) is 0 Å². The molecule has 110 valence electrons. The van der Waals surface area contributed by atoms with Gasteiger partial charge in [-0.2, -0.15) is 0 Å². The van der Waals surface area contributed by atoms with Crippen LogP contribution in [0.5, 0.6) is 0 Å². The van der Waals surface area contributed by atoms with Crippen LogP contribution in [0.25, 0.3) is 0 Å². The molecule has 0 rings (SSSR count). The van der Waals surface area contributed by atoms with Crippen molar-refractivity contribution in [2.75, 3.05) is 33.2 Å². The highest BCUT2D eigenvalue weighted by atomic mass is 15.1. The van der Waals surface area contributed by atoms with E-state index in [4.69, 9.17) is 0 Å². The summed E-state index contributed by atoms with van der Waals surface area (Å²) in [6.07, 6.45) is 3.80. The Morgan fingerprint density at radius 2 is 1.56 bits per heavy atom. The fourth-order valence-corrected chi connectivity index (χ4v) is 2.91. The zero-order chi connectivity index (χ0) is 14.2. The minimum absolute atomic E-state index is 0.388. The van der Waals surface area contributed by atoms with Crippen LogP contribution in [0.15, 0.2) is 0 Å². The Morgan fingerprint density at radius 3 is 2.00 bits per heavy atom. The lowest BCUT2D eigenvalue weighted by atomic mass is 9.84. The number of hydrogen-bond acceptors (Lipinski definition) is 2. The number of hydrogen-bond donors (Lipinski definition) is 1. The van der Waals surface area contributed by atoms with E-state index in [0.29, 0.717) is 10.8 Å². The van der Waals surface area contributed by atoms with Crippen molar-refractivity contribution in [3.8, 4) is 0 Å². The molecule has 2 nitrogen and oxygen atoms in total. The molecular weight excluding hydrogens is 220 g/mol. The third kappa shape index (κ3) is 8.93. The van der Waals surface area contributed by atoms with Crippen molar-refractivity contribution in [2.24, 2.45) is 10.8 Å². The molecule has 0 bridgehead atoms. The van der Waals surface area contributed by atoms with E-state index < -0.39 is 0 Å². The van der Waals surface area contributed by atoms with Crippen LogP contribution in [0.3, 0.4) is 0 Å². The smallest absolute Gasteiger partial charge is 0.00447 e. The first kappa shape index (κ1) is 17.9. The Labute approximate surface area is 116 Å². The summed E-state index contributed by atoms with van der Waals surface area (Å²) in [4.78, 5) is 2.50. The Bertz CT molecular complexity index is 208. The van der Waals surface area contributed by atoms with Gasteiger partial charge in [0.2, 0.25) is 0 Å². The van der Waals surface area contributed by atoms with Gasteiger partial charge in [-0.15, -0.1) is 0 Å². The molecule has 18 heavy (non-hydrogen) atoms. The van der Waals surface area contributed by atoms with Gasteiger partial charge < -0.3 is 10.2 Å². The highest BCUT2D eigenvalue weighted by molar-refractivity contribution is 4.81. The third-order valence-corrected chi connectivity index (χ3v) is 3.23. The number of nitrogens with zero attached hydrogens (tertiary/aromatic N) is 1. The monoisotopic (exact) mass is 256 g/mol. The maximum atomic E-state index is 3.60. The molecule has 0 aliphatic carbocycles. The minimum Gasteiger partial charge on any atom is -0.316 e. The van der Waals surface area contributed by atoms with Crippen molar-refractivity contribution >= 4 is 0 Å². The summed E-state index contributed by atoms with van der Waals surface area (Å²) in [6, 6.07) is 0. The summed E-state index contributed by atoms with van der Waals surface area (Å²) >= 11 is 0. The van der Waals surface area contributed by atoms with Gasteiger partial charge in [-0.25, -0.2) is 0 Å². The van der Waals surface area contributed by atoms with E-state index in [1.54, 1.807) is 0 Å². The molecule has 0 aliphatic rings. The second kappa shape index (κ2) is 8.16. The van der Waals surface area contributed by atoms with Crippen LogP contribution in [0.4, 0.5) is 0 Å². The summed E-state index contributed by atoms with van der Waals surface area (Å²) in [5, 5.41) is 3.60. The molecule has 0 fully saturated rings. The molecule has 0 aromatic heterocycles. The topological polar surface area (TPSA) is 15.3 Å². The minimum atomic E-state index is 0.388. The molecule has 2 heteroatoms. The van der Waals surface area contributed by atoms with E-state index in [1.165, 1.54) is 32.4 Å². The van der Waals surface area contributed by atoms with Crippen molar-refractivity contribution in [2.45, 2.75) is 60.8 Å². The van der Waals surface area contributed by atoms with E-state index in [9.17, 15) is 0 Å². The zero-order valence-electron chi connectivity index (χ0n) is 13.9. The van der Waals surface area contributed by atoms with Gasteiger partial charge in [0, 0.05) is 19.6 Å². The quantitative estimate of drug-likeness (QED) is 0.632. The van der Waals surface area contributed by atoms with Crippen molar-refractivity contribution < 1.29 is 0 Å². The molecule has 0 saturated carbocycles. The van der Waals surface area contributed by atoms with Crippen molar-refractivity contribution in [3.63, 3.8) is 0 Å². The Kier molecular flexibility index (Phi) is 8.13. The van der Waals surface area contributed by atoms with Gasteiger partial charge in [0.05, 0.1) is 0 Å². The average molecular weight is 256 g/mol. The van der Waals surface area contributed by atoms with E-state index >= 15 is 0 Å². The second-order valence-corrected chi connectivity index (χ2v) is 7.47. The van der Waals surface area contributed by atoms with Gasteiger partial charge in [-0.1, -0.05) is 48.0 Å². The van der Waals surface area contributed by atoms with Crippen LogP contribution in [0.2, 0.25) is 0 Å². The molecule has 0 heterocycles. The summed E-state index contributed by atoms with van der Waals surface area (Å²) < 4.78 is 0. The summed E-state index contributed by atoms with van der Waals surface area (Å²) in [7, 11) is 2.26. The lowest BCUT2D eigenvalue weighted by molar-refractivity contribution is 0.139. The fourth-order valence-electron chi connectivity index (χ4n) is 2.91. The van der Waals surface area contributed by atoms with Gasteiger partial charge in [0.15, 0.2) is 0 Å². The van der Waals surface area contributed by atoms with Crippen LogP contribution >= 0.6 is 0 Å². The van der Waals surface area contributed by atoms with E-state index in [-0.39, 0.29) is 0 Å². The third-order valence-electron chi connectivity index (χ3n) is 3.23. The standard InChI is InChI=1S/C16H36N2/c1-8-10-16(6,12-17-11-9-2)14-18(7)13-15(3,4)5/h17H,8-14H2,1-7H3. The Balaban J connectivity index is 4.30. The molecule has 1 N–H and O–H groups in total. The molecule has 0 aromatic rings. The van der Waals surface area contributed by atoms with Crippen LogP contribution in [-0.2, 0) is 0 Å². The van der Waals surface area contributed by atoms with E-state index in [0.717, 1.165) is 13.1 Å². The SMILES string of the molecule is CCCNCC(C)(CCC)CN(C)CC(C)(C)C. The Morgan fingerprint density at radius 1 is 0.944 bits per heavy atom. The molecular formula is C16H36N2. The highest BCUT2D eigenvalue weighted by Gasteiger charge is 2.26. The van der Waals surface area contributed by atoms with Crippen LogP contribution in [-0.4, -0.2) is 38.1 Å². The normalized spacial score (nSPS) is 16.0. The molecule has 0 radical (unpaired) electrons. The van der Waals surface area contributed by atoms with Crippen molar-refractivity contribution in [3.05, 3.63) is 0 Å². The van der Waals surface area contributed by atoms with E-state index in [1.807, 2.05) is 0 Å². The molecule has 0 aromatic carbocycles. The predicted octanol–water partition coefficient (Wildman–Crippen LogP) is 3.77. The van der Waals surface area contributed by atoms with Gasteiger partial charge in [-0.3, -0.25) is 0 Å². The first-order valence-electron chi connectivity index (χ1n) is 7.62. The van der Waals surface area contributed by atoms with Crippen LogP contribution < -0.4 is 5.32 Å². The predicted molar refractivity (Wildman–Crippen MR) is 83.1 cm³/mol. The molecule has 1 atom stereocenters. The first-order valence-corrected chi connectivity index (χ1v) is 7.62. The summed E-state index contributed by atoms with van der Waals surface area (Å²) in [5.41, 5.74) is 0.794. The molecule has 0 spiro atoms. The molecule has 0 amide bonds. The fraction of sp³-hybridized carbons (Fsp3) is 1.00. The average Bonchev–Trinajstić information content (AvgIpc) is 2.14. The second-order valence-electron chi connectivity index (χ2n) is 7.47. The van der Waals surface area contributed by atoms with Crippen molar-refractivity contribution in [1.82, 2.24) is 10.2 Å². The lowest BCUT2D eigenvalue weighted by Gasteiger charge is -2.36. The van der Waals surface area contributed by atoms with Gasteiger partial charge in [-0.05, 0) is 37.3 Å². The molecule has 0 aliphatic heterocycles. The number of nitrogens with one attached hydrogen (secondary N) is 1. The first-order chi connectivity index (χ1) is 8.22. The van der Waals surface area contributed by atoms with Crippen LogP contribution in [0.1, 0.15) is 60.8 Å². The van der Waals surface area contributed by atoms with Crippen LogP contribution in [0, 0.1) is 10.8 Å². The lowest BCUT2D eigenvalue weighted by Crippen LogP contribution is -2.43. The zero-order valence-corrected chi connectivity index (χ0v) is 13.9. The summed E-state index contributed by atoms with van der Waals surface area (Å²) in [5.74, 6) is 0. The number of rotatable bonds is 9. The maximum absolute atomic E-state index is 3.60. The Hall–Kier alpha value is -0.0800. The van der Waals surface area contributed by atoms with Gasteiger partial charge >= 0.3 is 0 Å². The maximum Gasteiger partial charge on any atom is 0.00447 e. The molecule has 1 unspecified atom stereocenters.